The summed E-state index contributed by atoms with van der Waals surface area (Å²) in [6.07, 6.45) is 4.13. The van der Waals surface area contributed by atoms with Gasteiger partial charge in [0.05, 0.1) is 17.2 Å². The van der Waals surface area contributed by atoms with Crippen molar-refractivity contribution in [2.45, 2.75) is 12.8 Å². The van der Waals surface area contributed by atoms with E-state index >= 15 is 0 Å². The van der Waals surface area contributed by atoms with Crippen LogP contribution >= 0.6 is 0 Å². The van der Waals surface area contributed by atoms with Gasteiger partial charge >= 0.3 is 5.69 Å². The van der Waals surface area contributed by atoms with Crippen LogP contribution in [0.1, 0.15) is 33.5 Å². The fourth-order valence-corrected chi connectivity index (χ4v) is 2.91. The van der Waals surface area contributed by atoms with Crippen LogP contribution in [0.3, 0.4) is 0 Å². The van der Waals surface area contributed by atoms with Gasteiger partial charge in [0.2, 0.25) is 0 Å². The van der Waals surface area contributed by atoms with Gasteiger partial charge in [0, 0.05) is 31.4 Å². The molecule has 24 heavy (non-hydrogen) atoms. The van der Waals surface area contributed by atoms with Gasteiger partial charge in [-0.25, -0.2) is 4.79 Å². The fraction of sp³-hybridized carbons (Fsp3) is 0.222. The van der Waals surface area contributed by atoms with E-state index in [1.54, 1.807) is 31.3 Å². The molecule has 0 radical (unpaired) electrons. The SMILES string of the molecule is Cn1cc(C=C2CCc3cc(C#N)ccc3C2=O)c(=O)n(C)c1=O. The van der Waals surface area contributed by atoms with Crippen molar-refractivity contribution in [3.05, 3.63) is 73.1 Å². The smallest absolute Gasteiger partial charge is 0.303 e. The van der Waals surface area contributed by atoms with Crippen molar-refractivity contribution < 1.29 is 4.79 Å². The maximum Gasteiger partial charge on any atom is 0.330 e. The molecule has 0 amide bonds. The Bertz CT molecular complexity index is 1050. The van der Waals surface area contributed by atoms with Crippen molar-refractivity contribution in [3.8, 4) is 6.07 Å². The molecule has 6 nitrogen and oxygen atoms in total. The minimum atomic E-state index is -0.427. The van der Waals surface area contributed by atoms with E-state index in [4.69, 9.17) is 5.26 Å². The second-order valence-corrected chi connectivity index (χ2v) is 5.82. The zero-order valence-electron chi connectivity index (χ0n) is 13.4. The Kier molecular flexibility index (Phi) is 3.78. The first-order chi connectivity index (χ1) is 11.4. The highest BCUT2D eigenvalue weighted by Gasteiger charge is 2.22. The van der Waals surface area contributed by atoms with E-state index in [-0.39, 0.29) is 5.78 Å². The molecule has 6 heteroatoms. The predicted molar refractivity (Wildman–Crippen MR) is 88.7 cm³/mol. The molecule has 0 saturated carbocycles. The number of aromatic nitrogens is 2. The van der Waals surface area contributed by atoms with Crippen LogP contribution in [0.2, 0.25) is 0 Å². The zero-order valence-corrected chi connectivity index (χ0v) is 13.4. The summed E-state index contributed by atoms with van der Waals surface area (Å²) < 4.78 is 2.33. The van der Waals surface area contributed by atoms with E-state index in [1.807, 2.05) is 0 Å². The summed E-state index contributed by atoms with van der Waals surface area (Å²) in [5.74, 6) is -0.142. The lowest BCUT2D eigenvalue weighted by atomic mass is 9.85. The molecule has 0 N–H and O–H groups in total. The second-order valence-electron chi connectivity index (χ2n) is 5.82. The molecule has 1 heterocycles. The molecule has 1 aromatic heterocycles. The van der Waals surface area contributed by atoms with Crippen LogP contribution in [0.4, 0.5) is 0 Å². The molecule has 1 aliphatic carbocycles. The summed E-state index contributed by atoms with van der Waals surface area (Å²) in [6, 6.07) is 7.07. The van der Waals surface area contributed by atoms with Gasteiger partial charge in [0.15, 0.2) is 5.78 Å². The molecular weight excluding hydrogens is 306 g/mol. The Balaban J connectivity index is 2.08. The first-order valence-electron chi connectivity index (χ1n) is 7.47. The normalized spacial score (nSPS) is 15.2. The first kappa shape index (κ1) is 15.7. The van der Waals surface area contributed by atoms with Gasteiger partial charge in [-0.15, -0.1) is 0 Å². The largest absolute Gasteiger partial charge is 0.330 e. The predicted octanol–water partition coefficient (Wildman–Crippen LogP) is 1.17. The number of hydrogen-bond donors (Lipinski definition) is 0. The van der Waals surface area contributed by atoms with Crippen LogP contribution in [-0.2, 0) is 20.5 Å². The maximum absolute atomic E-state index is 12.6. The highest BCUT2D eigenvalue weighted by molar-refractivity contribution is 6.13. The number of allylic oxidation sites excluding steroid dienone is 1. The Morgan fingerprint density at radius 2 is 1.92 bits per heavy atom. The highest BCUT2D eigenvalue weighted by Crippen LogP contribution is 2.26. The number of Topliss-reactive ketones (excluding diaryl/α,β-unsaturated/α-hetero) is 1. The molecule has 0 fully saturated rings. The number of ketones is 1. The summed E-state index contributed by atoms with van der Waals surface area (Å²) in [5, 5.41) is 8.95. The van der Waals surface area contributed by atoms with Crippen molar-refractivity contribution in [2.24, 2.45) is 14.1 Å². The maximum atomic E-state index is 12.6. The number of aryl methyl sites for hydroxylation is 2. The third kappa shape index (κ3) is 2.50. The molecule has 0 aliphatic heterocycles. The number of fused-ring (bicyclic) bond motifs is 1. The molecule has 1 aliphatic rings. The standard InChI is InChI=1S/C18H15N3O3/c1-20-10-14(17(23)21(2)18(20)24)8-13-5-4-12-7-11(9-19)3-6-15(12)16(13)22/h3,6-8,10H,4-5H2,1-2H3. The van der Waals surface area contributed by atoms with Gasteiger partial charge in [-0.05, 0) is 42.7 Å². The third-order valence-electron chi connectivity index (χ3n) is 4.24. The van der Waals surface area contributed by atoms with Crippen LogP contribution in [-0.4, -0.2) is 14.9 Å². The molecule has 0 spiro atoms. The van der Waals surface area contributed by atoms with Crippen molar-refractivity contribution in [3.63, 3.8) is 0 Å². The number of benzene rings is 1. The van der Waals surface area contributed by atoms with Crippen LogP contribution in [0, 0.1) is 11.3 Å². The van der Waals surface area contributed by atoms with E-state index in [1.165, 1.54) is 17.8 Å². The van der Waals surface area contributed by atoms with Gasteiger partial charge in [0.25, 0.3) is 5.56 Å². The lowest BCUT2D eigenvalue weighted by Gasteiger charge is -2.17. The average Bonchev–Trinajstić information content (AvgIpc) is 2.59. The number of rotatable bonds is 1. The van der Waals surface area contributed by atoms with E-state index in [9.17, 15) is 14.4 Å². The molecule has 0 saturated heterocycles. The number of nitriles is 1. The Hall–Kier alpha value is -3.20. The van der Waals surface area contributed by atoms with Crippen molar-refractivity contribution in [1.82, 2.24) is 9.13 Å². The van der Waals surface area contributed by atoms with Crippen molar-refractivity contribution in [1.29, 1.82) is 5.26 Å². The number of hydrogen-bond acceptors (Lipinski definition) is 4. The summed E-state index contributed by atoms with van der Waals surface area (Å²) >= 11 is 0. The van der Waals surface area contributed by atoms with E-state index < -0.39 is 11.2 Å². The minimum Gasteiger partial charge on any atom is -0.303 e. The van der Waals surface area contributed by atoms with Gasteiger partial charge < -0.3 is 4.57 Å². The molecule has 0 bridgehead atoms. The first-order valence-corrected chi connectivity index (χ1v) is 7.47. The molecule has 2 aromatic rings. The van der Waals surface area contributed by atoms with Gasteiger partial charge in [-0.3, -0.25) is 14.2 Å². The molecular formula is C18H15N3O3. The summed E-state index contributed by atoms with van der Waals surface area (Å²) in [4.78, 5) is 36.6. The summed E-state index contributed by atoms with van der Waals surface area (Å²) in [7, 11) is 2.97. The van der Waals surface area contributed by atoms with Crippen LogP contribution in [0.5, 0.6) is 0 Å². The molecule has 3 rings (SSSR count). The second kappa shape index (κ2) is 5.78. The van der Waals surface area contributed by atoms with Gasteiger partial charge in [0.1, 0.15) is 0 Å². The monoisotopic (exact) mass is 321 g/mol. The van der Waals surface area contributed by atoms with Gasteiger partial charge in [-0.1, -0.05) is 0 Å². The fourth-order valence-electron chi connectivity index (χ4n) is 2.91. The summed E-state index contributed by atoms with van der Waals surface area (Å²) in [5.41, 5.74) is 1.94. The van der Waals surface area contributed by atoms with Crippen molar-refractivity contribution in [2.75, 3.05) is 0 Å². The highest BCUT2D eigenvalue weighted by atomic mass is 16.2. The van der Waals surface area contributed by atoms with E-state index in [0.717, 1.165) is 10.1 Å². The number of nitrogens with zero attached hydrogens (tertiary/aromatic N) is 3. The van der Waals surface area contributed by atoms with Crippen LogP contribution in [0.15, 0.2) is 39.6 Å². The van der Waals surface area contributed by atoms with Crippen LogP contribution in [0.25, 0.3) is 6.08 Å². The quantitative estimate of drug-likeness (QED) is 0.738. The molecule has 0 atom stereocenters. The van der Waals surface area contributed by atoms with Crippen LogP contribution < -0.4 is 11.2 Å². The summed E-state index contributed by atoms with van der Waals surface area (Å²) in [6.45, 7) is 0. The molecule has 0 unspecified atom stereocenters. The van der Waals surface area contributed by atoms with Crippen molar-refractivity contribution >= 4 is 11.9 Å². The van der Waals surface area contributed by atoms with E-state index in [0.29, 0.717) is 35.1 Å². The number of carbonyl (C=O) groups is 1. The lowest BCUT2D eigenvalue weighted by Crippen LogP contribution is -2.37. The lowest BCUT2D eigenvalue weighted by molar-refractivity contribution is 0.102. The van der Waals surface area contributed by atoms with E-state index in [2.05, 4.69) is 6.07 Å². The zero-order chi connectivity index (χ0) is 17.4. The van der Waals surface area contributed by atoms with Gasteiger partial charge in [-0.2, -0.15) is 5.26 Å². The molecule has 120 valence electrons. The average molecular weight is 321 g/mol. The third-order valence-corrected chi connectivity index (χ3v) is 4.24. The Labute approximate surface area is 137 Å². The number of carbonyl (C=O) groups excluding carboxylic acids is 1. The topological polar surface area (TPSA) is 84.9 Å². The Morgan fingerprint density at radius 1 is 1.17 bits per heavy atom. The minimum absolute atomic E-state index is 0.142. The Morgan fingerprint density at radius 3 is 2.62 bits per heavy atom. The molecule has 1 aromatic carbocycles.